The van der Waals surface area contributed by atoms with Crippen molar-refractivity contribution in [3.8, 4) is 66.8 Å². The Kier molecular flexibility index (Phi) is 18.6. The van der Waals surface area contributed by atoms with E-state index in [4.69, 9.17) is 0 Å². The zero-order valence-electron chi connectivity index (χ0n) is 54.5. The first-order valence-electron chi connectivity index (χ1n) is 33.7. The highest BCUT2D eigenvalue weighted by molar-refractivity contribution is 6.10. The summed E-state index contributed by atoms with van der Waals surface area (Å²) in [5, 5.41) is 2.64. The van der Waals surface area contributed by atoms with Crippen LogP contribution in [-0.2, 0) is 0 Å². The van der Waals surface area contributed by atoms with Crippen molar-refractivity contribution >= 4 is 55.9 Å². The predicted octanol–water partition coefficient (Wildman–Crippen LogP) is 26.5. The Morgan fingerprint density at radius 1 is 0.239 bits per heavy atom. The van der Waals surface area contributed by atoms with Crippen LogP contribution in [0.1, 0.15) is 106 Å². The molecule has 92 heavy (non-hydrogen) atoms. The quantitative estimate of drug-likeness (QED) is 0.0592. The SMILES string of the molecule is CCCCCCC(CCCCCC)n1c2cc(-c3ccc(N(c4ccc(-c5ccc(C)cc5)cc4)c4ccc(-c5ccc(C)cc5)cc4)cc3)ccc2c2ccc(-c3ccc(N(c4ccc(-c5ccc(C)cc5)cc4)c4ccc(-c5ccc(C)cc5)cc4)cc3)cc21. The third kappa shape index (κ3) is 13.6. The molecule has 0 saturated carbocycles. The van der Waals surface area contributed by atoms with E-state index < -0.39 is 0 Å². The molecule has 3 heteroatoms. The van der Waals surface area contributed by atoms with E-state index in [0.29, 0.717) is 6.04 Å². The third-order valence-corrected chi connectivity index (χ3v) is 18.9. The summed E-state index contributed by atoms with van der Waals surface area (Å²) in [6.45, 7) is 13.2. The Bertz CT molecular complexity index is 4070. The molecule has 0 aliphatic rings. The summed E-state index contributed by atoms with van der Waals surface area (Å²) in [4.78, 5) is 4.78. The molecule has 0 atom stereocenters. The maximum Gasteiger partial charge on any atom is 0.0500 e. The number of aromatic nitrogens is 1. The monoisotopic (exact) mass is 1200 g/mol. The van der Waals surface area contributed by atoms with E-state index in [1.165, 1.54) is 175 Å². The second-order valence-electron chi connectivity index (χ2n) is 25.6. The van der Waals surface area contributed by atoms with Gasteiger partial charge in [-0.3, -0.25) is 0 Å². The smallest absolute Gasteiger partial charge is 0.0500 e. The fraction of sp³-hybridized carbons (Fsp3) is 0.191. The average molecular weight is 1200 g/mol. The topological polar surface area (TPSA) is 11.4 Å². The number of fused-ring (bicyclic) bond motifs is 3. The van der Waals surface area contributed by atoms with Crippen LogP contribution < -0.4 is 9.80 Å². The van der Waals surface area contributed by atoms with Crippen LogP contribution in [0.25, 0.3) is 88.6 Å². The van der Waals surface area contributed by atoms with E-state index in [1.807, 2.05) is 0 Å². The number of hydrogen-bond acceptors (Lipinski definition) is 2. The molecule has 0 aliphatic carbocycles. The average Bonchev–Trinajstić information content (AvgIpc) is 1.59. The molecule has 13 rings (SSSR count). The van der Waals surface area contributed by atoms with Crippen LogP contribution in [0.4, 0.5) is 34.1 Å². The first-order valence-corrected chi connectivity index (χ1v) is 33.7. The van der Waals surface area contributed by atoms with Crippen LogP contribution in [0.3, 0.4) is 0 Å². The minimum Gasteiger partial charge on any atom is -0.337 e. The van der Waals surface area contributed by atoms with Crippen LogP contribution in [0.5, 0.6) is 0 Å². The fourth-order valence-corrected chi connectivity index (χ4v) is 13.5. The molecule has 0 unspecified atom stereocenters. The summed E-state index contributed by atoms with van der Waals surface area (Å²) >= 11 is 0. The van der Waals surface area contributed by atoms with Gasteiger partial charge in [0.15, 0.2) is 0 Å². The molecule has 12 aromatic carbocycles. The number of nitrogens with zero attached hydrogens (tertiary/aromatic N) is 3. The predicted molar refractivity (Wildman–Crippen MR) is 397 cm³/mol. The van der Waals surface area contributed by atoms with Gasteiger partial charge < -0.3 is 14.4 Å². The molecular formula is C89H85N3. The molecule has 0 bridgehead atoms. The van der Waals surface area contributed by atoms with Gasteiger partial charge in [0.25, 0.3) is 0 Å². The molecule has 1 aromatic heterocycles. The minimum atomic E-state index is 0.380. The Morgan fingerprint density at radius 3 is 0.674 bits per heavy atom. The van der Waals surface area contributed by atoms with E-state index in [1.54, 1.807) is 0 Å². The zero-order chi connectivity index (χ0) is 62.9. The van der Waals surface area contributed by atoms with Crippen molar-refractivity contribution in [3.05, 3.63) is 301 Å². The van der Waals surface area contributed by atoms with Crippen LogP contribution in [-0.4, -0.2) is 4.57 Å². The Morgan fingerprint density at radius 2 is 0.446 bits per heavy atom. The molecule has 0 radical (unpaired) electrons. The van der Waals surface area contributed by atoms with Gasteiger partial charge in [0.05, 0.1) is 0 Å². The van der Waals surface area contributed by atoms with Gasteiger partial charge in [-0.2, -0.15) is 0 Å². The Hall–Kier alpha value is -9.96. The highest BCUT2D eigenvalue weighted by atomic mass is 15.1. The van der Waals surface area contributed by atoms with Crippen LogP contribution in [0.2, 0.25) is 0 Å². The largest absolute Gasteiger partial charge is 0.337 e. The summed E-state index contributed by atoms with van der Waals surface area (Å²) in [6.07, 6.45) is 12.4. The van der Waals surface area contributed by atoms with Gasteiger partial charge in [-0.25, -0.2) is 0 Å². The maximum absolute atomic E-state index is 2.78. The first-order chi connectivity index (χ1) is 45.1. The molecule has 0 amide bonds. The summed E-state index contributed by atoms with van der Waals surface area (Å²) in [5.41, 5.74) is 29.0. The van der Waals surface area contributed by atoms with Gasteiger partial charge >= 0.3 is 0 Å². The van der Waals surface area contributed by atoms with E-state index in [0.717, 1.165) is 34.1 Å². The number of hydrogen-bond donors (Lipinski definition) is 0. The van der Waals surface area contributed by atoms with Crippen molar-refractivity contribution in [2.24, 2.45) is 0 Å². The first kappa shape index (κ1) is 60.9. The molecule has 0 saturated heterocycles. The highest BCUT2D eigenvalue weighted by Gasteiger charge is 2.22. The molecule has 456 valence electrons. The molecule has 0 N–H and O–H groups in total. The lowest BCUT2D eigenvalue weighted by molar-refractivity contribution is 0.413. The summed E-state index contributed by atoms with van der Waals surface area (Å²) in [6, 6.07) is 105. The zero-order valence-corrected chi connectivity index (χ0v) is 54.5. The van der Waals surface area contributed by atoms with Gasteiger partial charge in [-0.1, -0.05) is 282 Å². The fourth-order valence-electron chi connectivity index (χ4n) is 13.5. The summed E-state index contributed by atoms with van der Waals surface area (Å²) < 4.78 is 2.78. The van der Waals surface area contributed by atoms with Crippen molar-refractivity contribution in [3.63, 3.8) is 0 Å². The van der Waals surface area contributed by atoms with Gasteiger partial charge in [-0.15, -0.1) is 0 Å². The standard InChI is InChI=1S/C89H85N3/c1-7-9-11-13-15-79(16-14-12-10-8-2)92-88-61-77(75-41-55-84(56-42-75)90(80-47-33-71(34-48-80)67-25-17-63(3)18-26-67)81-49-35-72(36-50-81)68-27-19-64(4)20-28-68)45-59-86(88)87-60-46-78(62-89(87)92)76-43-57-85(58-44-76)91(82-51-37-73(38-52-82)69-29-21-65(5)22-30-69)83-53-39-74(40-54-83)70-31-23-66(6)24-32-70/h17-62,79H,7-16H2,1-6H3. The normalized spacial score (nSPS) is 11.5. The second kappa shape index (κ2) is 28.1. The molecule has 1 heterocycles. The lowest BCUT2D eigenvalue weighted by Gasteiger charge is -2.26. The van der Waals surface area contributed by atoms with Crippen LogP contribution in [0.15, 0.2) is 279 Å². The number of aryl methyl sites for hydroxylation is 4. The highest BCUT2D eigenvalue weighted by Crippen LogP contribution is 2.44. The molecule has 13 aromatic rings. The van der Waals surface area contributed by atoms with Gasteiger partial charge in [0, 0.05) is 62.0 Å². The van der Waals surface area contributed by atoms with Crippen LogP contribution >= 0.6 is 0 Å². The summed E-state index contributed by atoms with van der Waals surface area (Å²) in [7, 11) is 0. The van der Waals surface area contributed by atoms with Gasteiger partial charge in [0.1, 0.15) is 0 Å². The molecule has 0 fully saturated rings. The molecule has 0 spiro atoms. The Balaban J connectivity index is 0.861. The number of benzene rings is 12. The number of unbranched alkanes of at least 4 members (excludes halogenated alkanes) is 6. The molecule has 0 aliphatic heterocycles. The molecular weight excluding hydrogens is 1110 g/mol. The van der Waals surface area contributed by atoms with E-state index in [9.17, 15) is 0 Å². The Labute approximate surface area is 547 Å². The lowest BCUT2D eigenvalue weighted by atomic mass is 9.99. The molecule has 3 nitrogen and oxygen atoms in total. The minimum absolute atomic E-state index is 0.380. The van der Waals surface area contributed by atoms with Gasteiger partial charge in [0.2, 0.25) is 0 Å². The lowest BCUT2D eigenvalue weighted by Crippen LogP contribution is -2.10. The van der Waals surface area contributed by atoms with E-state index in [-0.39, 0.29) is 0 Å². The van der Waals surface area contributed by atoms with Crippen LogP contribution in [0, 0.1) is 27.7 Å². The third-order valence-electron chi connectivity index (χ3n) is 18.9. The van der Waals surface area contributed by atoms with Crippen molar-refractivity contribution in [2.45, 2.75) is 112 Å². The number of anilines is 6. The maximum atomic E-state index is 2.78. The van der Waals surface area contributed by atoms with Crippen molar-refractivity contribution in [2.75, 3.05) is 9.80 Å². The number of rotatable bonds is 23. The van der Waals surface area contributed by atoms with Crippen molar-refractivity contribution < 1.29 is 0 Å². The summed E-state index contributed by atoms with van der Waals surface area (Å²) in [5.74, 6) is 0. The van der Waals surface area contributed by atoms with E-state index in [2.05, 4.69) is 335 Å². The van der Waals surface area contributed by atoms with Crippen molar-refractivity contribution in [1.29, 1.82) is 0 Å². The van der Waals surface area contributed by atoms with E-state index >= 15 is 0 Å². The van der Waals surface area contributed by atoms with Crippen molar-refractivity contribution in [1.82, 2.24) is 4.57 Å². The second-order valence-corrected chi connectivity index (χ2v) is 25.6. The van der Waals surface area contributed by atoms with Gasteiger partial charge in [-0.05, 0) is 192 Å².